The normalized spacial score (nSPS) is 12.3. The largest absolute Gasteiger partial charge is 0.465 e. The van der Waals surface area contributed by atoms with Crippen molar-refractivity contribution in [1.82, 2.24) is 0 Å². The van der Waals surface area contributed by atoms with E-state index in [2.05, 4.69) is 75.4 Å². The third kappa shape index (κ3) is 5.70. The number of benzene rings is 3. The molecule has 0 saturated heterocycles. The van der Waals surface area contributed by atoms with Crippen molar-refractivity contribution in [2.75, 3.05) is 7.11 Å². The molecule has 0 aliphatic rings. The molecule has 3 aromatic rings. The minimum atomic E-state index is -0.316. The first-order chi connectivity index (χ1) is 14.5. The maximum absolute atomic E-state index is 11.5. The van der Waals surface area contributed by atoms with Crippen molar-refractivity contribution in [3.8, 4) is 11.1 Å². The molecule has 2 nitrogen and oxygen atoms in total. The molecule has 154 valence electrons. The van der Waals surface area contributed by atoms with E-state index in [9.17, 15) is 4.79 Å². The van der Waals surface area contributed by atoms with Crippen molar-refractivity contribution >= 4 is 18.1 Å². The molecule has 0 radical (unpaired) electrons. The smallest absolute Gasteiger partial charge is 0.337 e. The Labute approximate surface area is 180 Å². The zero-order chi connectivity index (χ0) is 21.5. The van der Waals surface area contributed by atoms with Gasteiger partial charge in [0, 0.05) is 0 Å². The summed E-state index contributed by atoms with van der Waals surface area (Å²) in [6, 6.07) is 24.9. The Morgan fingerprint density at radius 2 is 1.23 bits per heavy atom. The van der Waals surface area contributed by atoms with Gasteiger partial charge in [0.05, 0.1) is 12.7 Å². The van der Waals surface area contributed by atoms with Crippen molar-refractivity contribution in [3.05, 3.63) is 95.1 Å². The molecule has 0 saturated carbocycles. The van der Waals surface area contributed by atoms with E-state index >= 15 is 0 Å². The van der Waals surface area contributed by atoms with Crippen molar-refractivity contribution in [2.45, 2.75) is 33.1 Å². The van der Waals surface area contributed by atoms with Gasteiger partial charge in [-0.25, -0.2) is 4.79 Å². The maximum Gasteiger partial charge on any atom is 0.337 e. The van der Waals surface area contributed by atoms with E-state index in [1.165, 1.54) is 30.2 Å². The summed E-state index contributed by atoms with van der Waals surface area (Å²) in [7, 11) is 1.39. The quantitative estimate of drug-likeness (QED) is 0.305. The highest BCUT2D eigenvalue weighted by Gasteiger charge is 2.08. The van der Waals surface area contributed by atoms with Gasteiger partial charge in [0.25, 0.3) is 0 Å². The monoisotopic (exact) mass is 398 g/mol. The standard InChI is InChI=1S/C28H30O2/c1-20(2)19-21(3)24-15-17-26(18-16-24)25-11-7-22(8-12-25)5-6-23-9-13-27(14-10-23)28(29)30-4/h5-18,20-21H,19H2,1-4H3. The summed E-state index contributed by atoms with van der Waals surface area (Å²) in [4.78, 5) is 11.5. The summed E-state index contributed by atoms with van der Waals surface area (Å²) in [6.45, 7) is 6.86. The lowest BCUT2D eigenvalue weighted by Gasteiger charge is -2.15. The van der Waals surface area contributed by atoms with Gasteiger partial charge in [-0.2, -0.15) is 0 Å². The van der Waals surface area contributed by atoms with Crippen LogP contribution in [0.3, 0.4) is 0 Å². The van der Waals surface area contributed by atoms with Crippen molar-refractivity contribution in [2.24, 2.45) is 5.92 Å². The van der Waals surface area contributed by atoms with Gasteiger partial charge in [-0.1, -0.05) is 93.6 Å². The van der Waals surface area contributed by atoms with Crippen LogP contribution in [0.5, 0.6) is 0 Å². The third-order valence-corrected chi connectivity index (χ3v) is 5.35. The molecule has 30 heavy (non-hydrogen) atoms. The van der Waals surface area contributed by atoms with Crippen LogP contribution in [0.2, 0.25) is 0 Å². The number of hydrogen-bond acceptors (Lipinski definition) is 2. The number of carbonyl (C=O) groups is 1. The summed E-state index contributed by atoms with van der Waals surface area (Å²) < 4.78 is 4.73. The van der Waals surface area contributed by atoms with Crippen molar-refractivity contribution in [3.63, 3.8) is 0 Å². The van der Waals surface area contributed by atoms with E-state index in [1.54, 1.807) is 12.1 Å². The third-order valence-electron chi connectivity index (χ3n) is 5.35. The Hall–Kier alpha value is -3.13. The predicted molar refractivity (Wildman–Crippen MR) is 126 cm³/mol. The molecule has 1 unspecified atom stereocenters. The minimum Gasteiger partial charge on any atom is -0.465 e. The van der Waals surface area contributed by atoms with Crippen LogP contribution in [-0.4, -0.2) is 13.1 Å². The second-order valence-electron chi connectivity index (χ2n) is 8.22. The van der Waals surface area contributed by atoms with E-state index in [4.69, 9.17) is 4.74 Å². The topological polar surface area (TPSA) is 26.3 Å². The first kappa shape index (κ1) is 21.6. The highest BCUT2D eigenvalue weighted by atomic mass is 16.5. The first-order valence-corrected chi connectivity index (χ1v) is 10.5. The zero-order valence-electron chi connectivity index (χ0n) is 18.3. The second-order valence-corrected chi connectivity index (χ2v) is 8.22. The molecule has 0 aromatic heterocycles. The van der Waals surface area contributed by atoms with E-state index in [1.807, 2.05) is 18.2 Å². The van der Waals surface area contributed by atoms with Crippen LogP contribution in [0.1, 0.15) is 60.2 Å². The Morgan fingerprint density at radius 3 is 1.70 bits per heavy atom. The van der Waals surface area contributed by atoms with Crippen molar-refractivity contribution < 1.29 is 9.53 Å². The van der Waals surface area contributed by atoms with Crippen LogP contribution in [0.4, 0.5) is 0 Å². The summed E-state index contributed by atoms with van der Waals surface area (Å²) in [6.07, 6.45) is 5.33. The summed E-state index contributed by atoms with van der Waals surface area (Å²) in [5.41, 5.74) is 6.60. The molecule has 2 heteroatoms. The van der Waals surface area contributed by atoms with Gasteiger partial charge in [0.15, 0.2) is 0 Å². The molecule has 3 aromatic carbocycles. The van der Waals surface area contributed by atoms with Gasteiger partial charge in [-0.15, -0.1) is 0 Å². The van der Waals surface area contributed by atoms with E-state index in [-0.39, 0.29) is 5.97 Å². The van der Waals surface area contributed by atoms with E-state index in [0.717, 1.165) is 11.1 Å². The molecular weight excluding hydrogens is 368 g/mol. The lowest BCUT2D eigenvalue weighted by atomic mass is 9.91. The van der Waals surface area contributed by atoms with Crippen LogP contribution in [0.25, 0.3) is 23.3 Å². The van der Waals surface area contributed by atoms with E-state index in [0.29, 0.717) is 17.4 Å². The molecule has 0 heterocycles. The van der Waals surface area contributed by atoms with Crippen LogP contribution < -0.4 is 0 Å². The number of rotatable bonds is 7. The summed E-state index contributed by atoms with van der Waals surface area (Å²) >= 11 is 0. The molecule has 0 aliphatic heterocycles. The molecule has 0 fully saturated rings. The number of hydrogen-bond donors (Lipinski definition) is 0. The Bertz CT molecular complexity index is 978. The fourth-order valence-corrected chi connectivity index (χ4v) is 3.67. The number of esters is 1. The molecule has 3 rings (SSSR count). The highest BCUT2D eigenvalue weighted by molar-refractivity contribution is 5.89. The van der Waals surface area contributed by atoms with Crippen LogP contribution in [0, 0.1) is 5.92 Å². The fraction of sp³-hybridized carbons (Fsp3) is 0.250. The van der Waals surface area contributed by atoms with Gasteiger partial charge in [0.2, 0.25) is 0 Å². The number of ether oxygens (including phenoxy) is 1. The van der Waals surface area contributed by atoms with Gasteiger partial charge < -0.3 is 4.74 Å². The average Bonchev–Trinajstić information content (AvgIpc) is 2.77. The maximum atomic E-state index is 11.5. The SMILES string of the molecule is COC(=O)c1ccc(C=Cc2ccc(-c3ccc(C(C)CC(C)C)cc3)cc2)cc1. The lowest BCUT2D eigenvalue weighted by Crippen LogP contribution is -2.00. The molecule has 0 spiro atoms. The fourth-order valence-electron chi connectivity index (χ4n) is 3.67. The lowest BCUT2D eigenvalue weighted by molar-refractivity contribution is 0.0600. The summed E-state index contributed by atoms with van der Waals surface area (Å²) in [5, 5.41) is 0. The Balaban J connectivity index is 1.66. The van der Waals surface area contributed by atoms with Gasteiger partial charge >= 0.3 is 5.97 Å². The van der Waals surface area contributed by atoms with Crippen LogP contribution in [-0.2, 0) is 4.74 Å². The van der Waals surface area contributed by atoms with Gasteiger partial charge in [-0.3, -0.25) is 0 Å². The van der Waals surface area contributed by atoms with Crippen LogP contribution in [0.15, 0.2) is 72.8 Å². The van der Waals surface area contributed by atoms with Crippen molar-refractivity contribution in [1.29, 1.82) is 0 Å². The predicted octanol–water partition coefficient (Wildman–Crippen LogP) is 7.46. The average molecular weight is 399 g/mol. The van der Waals surface area contributed by atoms with Crippen LogP contribution >= 0.6 is 0 Å². The second kappa shape index (κ2) is 10.1. The number of methoxy groups -OCH3 is 1. The molecule has 1 atom stereocenters. The minimum absolute atomic E-state index is 0.316. The molecule has 0 amide bonds. The van der Waals surface area contributed by atoms with E-state index < -0.39 is 0 Å². The highest BCUT2D eigenvalue weighted by Crippen LogP contribution is 2.27. The molecular formula is C28H30O2. The van der Waals surface area contributed by atoms with Gasteiger partial charge in [-0.05, 0) is 58.2 Å². The Kier molecular flexibility index (Phi) is 7.24. The first-order valence-electron chi connectivity index (χ1n) is 10.5. The molecule has 0 aliphatic carbocycles. The number of carbonyl (C=O) groups excluding carboxylic acids is 1. The van der Waals surface area contributed by atoms with Gasteiger partial charge in [0.1, 0.15) is 0 Å². The molecule has 0 N–H and O–H groups in total. The zero-order valence-corrected chi connectivity index (χ0v) is 18.3. The summed E-state index contributed by atoms with van der Waals surface area (Å²) in [5.74, 6) is 0.989. The molecule has 0 bridgehead atoms. The Morgan fingerprint density at radius 1 is 0.767 bits per heavy atom.